The van der Waals surface area contributed by atoms with E-state index in [0.29, 0.717) is 17.4 Å². The number of nitriles is 1. The normalized spacial score (nSPS) is 10.7. The van der Waals surface area contributed by atoms with Crippen LogP contribution in [0.25, 0.3) is 11.7 Å². The van der Waals surface area contributed by atoms with E-state index < -0.39 is 0 Å². The van der Waals surface area contributed by atoms with Crippen LogP contribution in [0.3, 0.4) is 0 Å². The maximum atomic E-state index is 9.16. The second kappa shape index (κ2) is 7.45. The van der Waals surface area contributed by atoms with E-state index in [1.54, 1.807) is 12.1 Å². The molecule has 0 fully saturated rings. The van der Waals surface area contributed by atoms with Gasteiger partial charge in [0.15, 0.2) is 5.76 Å². The van der Waals surface area contributed by atoms with E-state index in [9.17, 15) is 0 Å². The van der Waals surface area contributed by atoms with Crippen LogP contribution in [0.2, 0.25) is 0 Å². The monoisotopic (exact) mass is 401 g/mol. The van der Waals surface area contributed by atoms with Crippen LogP contribution < -0.4 is 10.1 Å². The van der Waals surface area contributed by atoms with E-state index >= 15 is 0 Å². The van der Waals surface area contributed by atoms with Gasteiger partial charge in [0.1, 0.15) is 24.2 Å². The zero-order valence-electron chi connectivity index (χ0n) is 13.7. The smallest absolute Gasteiger partial charge is 0.266 e. The lowest BCUT2D eigenvalue weighted by molar-refractivity contribution is 0.271. The molecule has 1 aromatic carbocycles. The first-order chi connectivity index (χ1) is 12.0. The van der Waals surface area contributed by atoms with E-state index in [-0.39, 0.29) is 24.2 Å². The molecule has 0 aliphatic carbocycles. The van der Waals surface area contributed by atoms with Gasteiger partial charge in [0, 0.05) is 10.5 Å². The Kier molecular flexibility index (Phi) is 5.10. The lowest BCUT2D eigenvalue weighted by atomic mass is 10.3. The molecule has 0 saturated heterocycles. The largest absolute Gasteiger partial charge is 0.486 e. The van der Waals surface area contributed by atoms with Gasteiger partial charge in [-0.3, -0.25) is 0 Å². The van der Waals surface area contributed by atoms with Gasteiger partial charge >= 0.3 is 0 Å². The Morgan fingerprint density at radius 2 is 1.96 bits per heavy atom. The Hall–Kier alpha value is -2.72. The number of ether oxygens (including phenoxy) is 1. The number of hydrogen-bond donors (Lipinski definition) is 1. The zero-order chi connectivity index (χ0) is 17.8. The van der Waals surface area contributed by atoms with Gasteiger partial charge in [0.05, 0.1) is 0 Å². The summed E-state index contributed by atoms with van der Waals surface area (Å²) in [6.07, 6.45) is 0. The van der Waals surface area contributed by atoms with Gasteiger partial charge in [-0.1, -0.05) is 15.9 Å². The number of furan rings is 1. The standard InChI is InChI=1S/C18H16BrN3O3/c1-11(2)21-17-15(9-20)22-18(25-17)16-8-7-14(24-16)10-23-13-5-3-12(19)4-6-13/h3-8,11,21H,10H2,1-2H3. The number of nitrogens with one attached hydrogen (secondary N) is 1. The third-order valence-electron chi connectivity index (χ3n) is 3.22. The molecule has 3 aromatic rings. The highest BCUT2D eigenvalue weighted by Gasteiger charge is 2.17. The fraction of sp³-hybridized carbons (Fsp3) is 0.222. The fourth-order valence-corrected chi connectivity index (χ4v) is 2.38. The molecule has 25 heavy (non-hydrogen) atoms. The summed E-state index contributed by atoms with van der Waals surface area (Å²) >= 11 is 3.38. The van der Waals surface area contributed by atoms with Crippen molar-refractivity contribution >= 4 is 21.8 Å². The Labute approximate surface area is 153 Å². The average molecular weight is 402 g/mol. The Balaban J connectivity index is 1.72. The highest BCUT2D eigenvalue weighted by Crippen LogP contribution is 2.28. The Morgan fingerprint density at radius 1 is 1.20 bits per heavy atom. The van der Waals surface area contributed by atoms with Gasteiger partial charge in [-0.2, -0.15) is 10.2 Å². The molecule has 2 heterocycles. The second-order valence-corrected chi connectivity index (χ2v) is 6.53. The quantitative estimate of drug-likeness (QED) is 0.627. The van der Waals surface area contributed by atoms with Gasteiger partial charge in [-0.25, -0.2) is 0 Å². The summed E-state index contributed by atoms with van der Waals surface area (Å²) in [5, 5.41) is 12.2. The Morgan fingerprint density at radius 3 is 2.64 bits per heavy atom. The molecule has 3 rings (SSSR count). The molecule has 0 radical (unpaired) electrons. The maximum Gasteiger partial charge on any atom is 0.266 e. The van der Waals surface area contributed by atoms with Crippen LogP contribution >= 0.6 is 15.9 Å². The van der Waals surface area contributed by atoms with Crippen LogP contribution in [-0.4, -0.2) is 11.0 Å². The van der Waals surface area contributed by atoms with Crippen molar-refractivity contribution in [3.63, 3.8) is 0 Å². The number of nitrogens with zero attached hydrogens (tertiary/aromatic N) is 2. The third kappa shape index (κ3) is 4.22. The third-order valence-corrected chi connectivity index (χ3v) is 3.75. The Bertz CT molecular complexity index is 891. The predicted molar refractivity (Wildman–Crippen MR) is 96.2 cm³/mol. The summed E-state index contributed by atoms with van der Waals surface area (Å²) in [5.74, 6) is 2.43. The van der Waals surface area contributed by atoms with E-state index in [1.165, 1.54) is 0 Å². The molecule has 2 aromatic heterocycles. The molecule has 0 aliphatic heterocycles. The molecule has 0 bridgehead atoms. The van der Waals surface area contributed by atoms with Gasteiger partial charge in [0.25, 0.3) is 5.89 Å². The van der Waals surface area contributed by atoms with Crippen molar-refractivity contribution in [2.75, 3.05) is 5.32 Å². The summed E-state index contributed by atoms with van der Waals surface area (Å²) in [6.45, 7) is 4.19. The van der Waals surface area contributed by atoms with Gasteiger partial charge < -0.3 is 18.9 Å². The van der Waals surface area contributed by atoms with Crippen molar-refractivity contribution in [2.45, 2.75) is 26.5 Å². The van der Waals surface area contributed by atoms with E-state index in [0.717, 1.165) is 10.2 Å². The summed E-state index contributed by atoms with van der Waals surface area (Å²) in [4.78, 5) is 4.16. The minimum absolute atomic E-state index is 0.124. The number of benzene rings is 1. The van der Waals surface area contributed by atoms with Gasteiger partial charge in [0.2, 0.25) is 11.6 Å². The highest BCUT2D eigenvalue weighted by atomic mass is 79.9. The van der Waals surface area contributed by atoms with Crippen molar-refractivity contribution in [3.05, 3.63) is 52.3 Å². The molecule has 0 atom stereocenters. The minimum Gasteiger partial charge on any atom is -0.486 e. The topological polar surface area (TPSA) is 84.2 Å². The molecule has 0 spiro atoms. The molecule has 6 nitrogen and oxygen atoms in total. The summed E-state index contributed by atoms with van der Waals surface area (Å²) in [5.41, 5.74) is 0.202. The van der Waals surface area contributed by atoms with Crippen LogP contribution in [0, 0.1) is 11.3 Å². The van der Waals surface area contributed by atoms with Crippen molar-refractivity contribution in [1.82, 2.24) is 4.98 Å². The van der Waals surface area contributed by atoms with Crippen LogP contribution in [0.1, 0.15) is 25.3 Å². The van der Waals surface area contributed by atoms with E-state index in [2.05, 4.69) is 26.2 Å². The minimum atomic E-state index is 0.124. The van der Waals surface area contributed by atoms with Gasteiger partial charge in [-0.05, 0) is 50.2 Å². The van der Waals surface area contributed by atoms with E-state index in [4.69, 9.17) is 18.8 Å². The molecule has 0 amide bonds. The molecule has 0 saturated carbocycles. The van der Waals surface area contributed by atoms with Crippen LogP contribution in [0.15, 0.2) is 49.7 Å². The first-order valence-corrected chi connectivity index (χ1v) is 8.49. The number of aromatic nitrogens is 1. The zero-order valence-corrected chi connectivity index (χ0v) is 15.3. The highest BCUT2D eigenvalue weighted by molar-refractivity contribution is 9.10. The van der Waals surface area contributed by atoms with Crippen molar-refractivity contribution < 1.29 is 13.6 Å². The lowest BCUT2D eigenvalue weighted by Gasteiger charge is -2.04. The summed E-state index contributed by atoms with van der Waals surface area (Å²) in [6, 6.07) is 13.2. The second-order valence-electron chi connectivity index (χ2n) is 5.62. The van der Waals surface area contributed by atoms with Gasteiger partial charge in [-0.15, -0.1) is 0 Å². The van der Waals surface area contributed by atoms with E-state index in [1.807, 2.05) is 44.2 Å². The molecule has 128 valence electrons. The summed E-state index contributed by atoms with van der Waals surface area (Å²) < 4.78 is 18.0. The molecule has 7 heteroatoms. The SMILES string of the molecule is CC(C)Nc1oc(-c2ccc(COc3ccc(Br)cc3)o2)nc1C#N. The number of halogens is 1. The molecule has 0 aliphatic rings. The molecular weight excluding hydrogens is 386 g/mol. The van der Waals surface area contributed by atoms with Crippen molar-refractivity contribution in [3.8, 4) is 23.5 Å². The maximum absolute atomic E-state index is 9.16. The first kappa shape index (κ1) is 17.1. The average Bonchev–Trinajstić information content (AvgIpc) is 3.20. The first-order valence-electron chi connectivity index (χ1n) is 7.70. The lowest BCUT2D eigenvalue weighted by Crippen LogP contribution is -2.09. The number of anilines is 1. The number of oxazole rings is 1. The number of hydrogen-bond acceptors (Lipinski definition) is 6. The molecule has 1 N–H and O–H groups in total. The van der Waals surface area contributed by atoms with Crippen molar-refractivity contribution in [1.29, 1.82) is 5.26 Å². The van der Waals surface area contributed by atoms with Crippen LogP contribution in [0.4, 0.5) is 5.88 Å². The number of rotatable bonds is 6. The fourth-order valence-electron chi connectivity index (χ4n) is 2.12. The summed E-state index contributed by atoms with van der Waals surface area (Å²) in [7, 11) is 0. The predicted octanol–water partition coefficient (Wildman–Crippen LogP) is 4.97. The van der Waals surface area contributed by atoms with Crippen LogP contribution in [0.5, 0.6) is 5.75 Å². The van der Waals surface area contributed by atoms with Crippen LogP contribution in [-0.2, 0) is 6.61 Å². The molecule has 0 unspecified atom stereocenters. The molecular formula is C18H16BrN3O3. The van der Waals surface area contributed by atoms with Crippen molar-refractivity contribution in [2.24, 2.45) is 0 Å².